The van der Waals surface area contributed by atoms with Crippen molar-refractivity contribution < 1.29 is 74.8 Å². The second-order valence-corrected chi connectivity index (χ2v) is 37.1. The van der Waals surface area contributed by atoms with Crippen molar-refractivity contribution in [1.82, 2.24) is 39.0 Å². The Kier molecular flexibility index (Phi) is 21.3. The van der Waals surface area contributed by atoms with Crippen molar-refractivity contribution in [3.63, 3.8) is 0 Å². The molecule has 0 radical (unpaired) electrons. The van der Waals surface area contributed by atoms with Gasteiger partial charge in [-0.15, -0.1) is 9.42 Å². The van der Waals surface area contributed by atoms with Gasteiger partial charge in [0.15, 0.2) is 50.0 Å². The van der Waals surface area contributed by atoms with Crippen LogP contribution in [0, 0.1) is 6.57 Å². The second kappa shape index (κ2) is 27.7. The lowest BCUT2D eigenvalue weighted by Gasteiger charge is -2.41. The maximum absolute atomic E-state index is 17.1. The molecule has 3 aliphatic heterocycles. The monoisotopic (exact) mass is 1260 g/mol. The van der Waals surface area contributed by atoms with Crippen LogP contribution >= 0.6 is 15.0 Å². The molecule has 5 aromatic rings. The van der Waals surface area contributed by atoms with Gasteiger partial charge in [0.25, 0.3) is 11.5 Å². The van der Waals surface area contributed by atoms with Crippen LogP contribution < -0.4 is 15.8 Å². The number of aliphatic hydroxyl groups excluding tert-OH is 1. The van der Waals surface area contributed by atoms with E-state index in [9.17, 15) is 33.7 Å². The molecule has 2 unspecified atom stereocenters. The van der Waals surface area contributed by atoms with Gasteiger partial charge in [-0.25, -0.2) is 35.7 Å². The molecule has 0 aliphatic carbocycles. The number of nitrogens with zero attached hydrogens (tertiary/aromatic N) is 9. The molecule has 26 nitrogen and oxygen atoms in total. The van der Waals surface area contributed by atoms with E-state index in [2.05, 4.69) is 49.7 Å². The number of aromatic nitrogens is 7. The maximum Gasteiger partial charge on any atom is 0.695 e. The molecule has 0 bridgehead atoms. The molecule has 32 heteroatoms. The van der Waals surface area contributed by atoms with Gasteiger partial charge in [-0.3, -0.25) is 32.9 Å². The fourth-order valence-electron chi connectivity index (χ4n) is 9.45. The number of amides is 2. The number of aliphatic hydroxyl groups is 1. The van der Waals surface area contributed by atoms with Gasteiger partial charge in [0.2, 0.25) is 6.54 Å². The van der Waals surface area contributed by atoms with Crippen LogP contribution in [-0.4, -0.2) is 174 Å². The minimum Gasteiger partial charge on any atom is -0.450 e. The number of fused-ring (bicyclic) bond motifs is 1. The number of carbonyl (C=O) groups is 3. The van der Waals surface area contributed by atoms with Gasteiger partial charge in [0, 0.05) is 37.4 Å². The molecule has 84 heavy (non-hydrogen) atoms. The Morgan fingerprint density at radius 1 is 0.952 bits per heavy atom. The van der Waals surface area contributed by atoms with Gasteiger partial charge >= 0.3 is 21.1 Å². The fraction of sp³-hybridized carbons (Fsp3) is 0.596. The lowest BCUT2D eigenvalue weighted by atomic mass is 10.1. The Bertz CT molecular complexity index is 3330. The van der Waals surface area contributed by atoms with Gasteiger partial charge in [-0.1, -0.05) is 58.6 Å². The highest BCUT2D eigenvalue weighted by atomic mass is 32.5. The average molecular weight is 1260 g/mol. The van der Waals surface area contributed by atoms with E-state index >= 15 is 4.39 Å². The van der Waals surface area contributed by atoms with Crippen molar-refractivity contribution in [2.24, 2.45) is 0 Å². The summed E-state index contributed by atoms with van der Waals surface area (Å²) in [5, 5.41) is 13.5. The van der Waals surface area contributed by atoms with Crippen LogP contribution in [0.15, 0.2) is 60.3 Å². The summed E-state index contributed by atoms with van der Waals surface area (Å²) in [7, 11) is -7.60. The van der Waals surface area contributed by atoms with Crippen molar-refractivity contribution in [3.8, 4) is 0 Å². The summed E-state index contributed by atoms with van der Waals surface area (Å²) >= 11 is 6.11. The topological polar surface area (TPSA) is 295 Å². The first-order valence-electron chi connectivity index (χ1n) is 27.4. The minimum absolute atomic E-state index is 0.00751. The number of Topliss-reactive ketones (excluding diaryl/α,β-unsaturated/α-hetero) is 1. The lowest BCUT2D eigenvalue weighted by molar-refractivity contribution is -0.119. The number of ether oxygens (including phenoxy) is 4. The number of benzene rings is 1. The summed E-state index contributed by atoms with van der Waals surface area (Å²) in [6, 6.07) is 9.53. The number of hydrogen-bond donors (Lipinski definition) is 3. The maximum atomic E-state index is 17.1. The highest BCUT2D eigenvalue weighted by Crippen LogP contribution is 2.56. The first-order valence-corrected chi connectivity index (χ1v) is 37.7. The Labute approximate surface area is 492 Å². The summed E-state index contributed by atoms with van der Waals surface area (Å²) < 4.78 is 88.9. The number of nitrogens with one attached hydrogen (secondary N) is 1. The molecule has 1 aromatic carbocycles. The van der Waals surface area contributed by atoms with E-state index in [-0.39, 0.29) is 86.0 Å². The molecular formula is C52H72FN10O16P2SSi2+. The smallest absolute Gasteiger partial charge is 0.450 e. The Hall–Kier alpha value is -5.20. The SMILES string of the molecule is [C-]#[N+]CCOP(=S)(OC[C@H]1O[C@@H](n2cc3c4c(ncnc42)N(C(=O)c2ccccc2)CCC3)[C@H](F)[C@@H]1O[P+](=O)O)O[C@@H]1[C@H](O[Si](C)(C)C(C)(C)C)[C@@H](CO)O[C@H]1n1cnc2c(=O)n(CCOCCC(=O)CNC(=O)OCC[Si](C)(C)C)cnc21. The number of imidazole rings is 1. The van der Waals surface area contributed by atoms with E-state index < -0.39 is 105 Å². The van der Waals surface area contributed by atoms with E-state index in [1.165, 1.54) is 32.7 Å². The van der Waals surface area contributed by atoms with Crippen molar-refractivity contribution in [2.75, 3.05) is 64.2 Å². The molecule has 4 aromatic heterocycles. The van der Waals surface area contributed by atoms with Crippen LogP contribution in [0.25, 0.3) is 27.0 Å². The van der Waals surface area contributed by atoms with Gasteiger partial charge in [-0.05, 0) is 66.5 Å². The van der Waals surface area contributed by atoms with Crippen LogP contribution in [0.4, 0.5) is 15.0 Å². The highest BCUT2D eigenvalue weighted by Gasteiger charge is 2.56. The summed E-state index contributed by atoms with van der Waals surface area (Å²) in [5.74, 6) is -0.232. The largest absolute Gasteiger partial charge is 0.695 e. The minimum atomic E-state index is -4.22. The molecule has 3 aliphatic rings. The summed E-state index contributed by atoms with van der Waals surface area (Å²) in [4.78, 5) is 85.3. The Balaban J connectivity index is 1.02. The Morgan fingerprint density at radius 3 is 2.40 bits per heavy atom. The number of rotatable bonds is 27. The van der Waals surface area contributed by atoms with E-state index in [1.54, 1.807) is 41.4 Å². The van der Waals surface area contributed by atoms with Crippen LogP contribution in [0.1, 0.15) is 62.0 Å². The van der Waals surface area contributed by atoms with E-state index in [1.807, 2.05) is 33.9 Å². The number of halogens is 1. The number of hydrogen-bond acceptors (Lipinski definition) is 20. The molecule has 2 fully saturated rings. The standard InChI is InChI=1S/C52H71FN10O16P2SSi2/c1-52(2,3)84(8,9)79-42-36(28-64)75-50(63-32-58-40-46(63)59-31-60(48(40)67)20-23-71-21-17-35(65)26-55-51(68)72-24-25-83(5,6)7)43(42)78-81(82,73-22-18-54-4)74-29-37-41(77-80(69)70)39(53)49(76-37)62-27-34-16-13-19-61(44-38(34)45(62)57-30-56-44)47(66)33-14-11-10-12-15-33/h10-12,14-15,27,30-32,36-37,39,41-43,49-50,64H,13,16-26,28-29H2,1-3,5-9H3,(H-,55,68,69,70)/p+1/t36-,37-,39-,41-,42-,43-,49-,50-,81?/m1/s1. The molecule has 2 saturated heterocycles. The van der Waals surface area contributed by atoms with E-state index in [0.29, 0.717) is 41.7 Å². The lowest BCUT2D eigenvalue weighted by Crippen LogP contribution is -2.50. The molecule has 7 heterocycles. The molecule has 0 saturated carbocycles. The van der Waals surface area contributed by atoms with Crippen molar-refractivity contribution in [2.45, 2.75) is 140 Å². The predicted octanol–water partition coefficient (Wildman–Crippen LogP) is 6.78. The summed E-state index contributed by atoms with van der Waals surface area (Å²) in [5.41, 5.74) is 0.828. The molecule has 2 amide bonds. The van der Waals surface area contributed by atoms with Gasteiger partial charge in [0.05, 0.1) is 57.8 Å². The van der Waals surface area contributed by atoms with E-state index in [0.717, 1.165) is 6.04 Å². The predicted molar refractivity (Wildman–Crippen MR) is 313 cm³/mol. The molecule has 0 spiro atoms. The zero-order valence-electron chi connectivity index (χ0n) is 48.0. The second-order valence-electron chi connectivity index (χ2n) is 23.1. The number of ketones is 1. The van der Waals surface area contributed by atoms with Crippen LogP contribution in [0.2, 0.25) is 43.8 Å². The highest BCUT2D eigenvalue weighted by molar-refractivity contribution is 8.07. The fourth-order valence-corrected chi connectivity index (χ4v) is 14.0. The van der Waals surface area contributed by atoms with Crippen LogP contribution in [0.3, 0.4) is 0 Å². The number of aryl methyl sites for hydroxylation is 1. The molecule has 10 atom stereocenters. The van der Waals surface area contributed by atoms with Crippen LogP contribution in [0.5, 0.6) is 0 Å². The number of carbonyl (C=O) groups excluding carboxylic acids is 3. The van der Waals surface area contributed by atoms with E-state index in [4.69, 9.17) is 59.8 Å². The third-order valence-electron chi connectivity index (χ3n) is 14.9. The van der Waals surface area contributed by atoms with Crippen LogP contribution in [-0.2, 0) is 75.6 Å². The van der Waals surface area contributed by atoms with Gasteiger partial charge < -0.3 is 52.3 Å². The first-order chi connectivity index (χ1) is 39.8. The summed E-state index contributed by atoms with van der Waals surface area (Å²) in [6.07, 6.45) is -5.74. The normalized spacial score (nSPS) is 22.9. The zero-order valence-corrected chi connectivity index (χ0v) is 52.6. The van der Waals surface area contributed by atoms with Crippen molar-refractivity contribution in [1.29, 1.82) is 0 Å². The third kappa shape index (κ3) is 15.3. The number of anilines is 1. The first kappa shape index (κ1) is 64.8. The van der Waals surface area contributed by atoms with Gasteiger partial charge in [-0.2, -0.15) is 0 Å². The Morgan fingerprint density at radius 2 is 1.70 bits per heavy atom. The molecule has 3 N–H and O–H groups in total. The average Bonchev–Trinajstić information content (AvgIpc) is 3.18. The van der Waals surface area contributed by atoms with Gasteiger partial charge in [0.1, 0.15) is 55.1 Å². The van der Waals surface area contributed by atoms with Crippen molar-refractivity contribution >= 4 is 89.0 Å². The molecule has 456 valence electrons. The quantitative estimate of drug-likeness (QED) is 0.0211. The van der Waals surface area contributed by atoms with Crippen molar-refractivity contribution in [3.05, 3.63) is 88.4 Å². The molecular weight excluding hydrogens is 1190 g/mol. The molecule has 8 rings (SSSR count). The summed E-state index contributed by atoms with van der Waals surface area (Å²) in [6.45, 7) is 18.6. The number of alkyl halides is 1. The number of alkyl carbamates (subject to hydrolysis) is 1. The zero-order chi connectivity index (χ0) is 60.7. The third-order valence-corrected chi connectivity index (χ3v) is 23.9.